The highest BCUT2D eigenvalue weighted by Gasteiger charge is 2.47. The molecule has 20 rings (SSSR count). The summed E-state index contributed by atoms with van der Waals surface area (Å²) in [6.07, 6.45) is 0. The van der Waals surface area contributed by atoms with Gasteiger partial charge in [0, 0.05) is 94.4 Å². The molecule has 5 heterocycles. The highest BCUT2D eigenvalue weighted by atomic mass is 15.2. The number of hydrogen-bond donors (Lipinski definition) is 0. The quantitative estimate of drug-likeness (QED) is 0.134. The molecular formula is C126H130BN5. The zero-order valence-electron chi connectivity index (χ0n) is 83.1. The number of fused-ring (bicyclic) bond motifs is 14. The van der Waals surface area contributed by atoms with Crippen LogP contribution in [0.5, 0.6) is 0 Å². The molecule has 0 unspecified atom stereocenters. The standard InChI is InChI=1S/C126H130BN5/c1-118(2,3)81-49-41-77(42-50-81)97-69-87(124(19,20)21)70-98(78-43-51-82(52-44-78)119(4,5)6)114(97)131-109-75-91(128-107-65-57-85(122(13,14)15)67-101(107)102-68-86(123(16,17)18)58-66-108(102)128)59-63-103(109)127-104-64-60-92(130-106-40-34-32-38-94(106)96-62-61-95-93-37-31-33-39-105(93)129(116(95)117(96)130)90-35-29-28-30-36-90)76-110(104)132(112-74-89(126(25,26)27)73-111(131)113(112)127)115-99(79-45-53-83(54-46-79)120(7,8)9)71-88(125(22,23)24)72-100(115)80-47-55-84(56-48-80)121(10,11)12/h28-76H,1-27H3. The van der Waals surface area contributed by atoms with Crippen molar-refractivity contribution in [3.8, 4) is 61.6 Å². The van der Waals surface area contributed by atoms with E-state index in [2.05, 4.69) is 508 Å². The zero-order valence-corrected chi connectivity index (χ0v) is 83.1. The van der Waals surface area contributed by atoms with Crippen molar-refractivity contribution in [2.24, 2.45) is 0 Å². The minimum absolute atomic E-state index is 0.0885. The van der Waals surface area contributed by atoms with Crippen molar-refractivity contribution in [2.75, 3.05) is 9.80 Å². The maximum absolute atomic E-state index is 2.81. The predicted molar refractivity (Wildman–Crippen MR) is 574 cm³/mol. The van der Waals surface area contributed by atoms with E-state index < -0.39 is 5.41 Å². The third-order valence-electron chi connectivity index (χ3n) is 29.0. The minimum atomic E-state index is -0.407. The Kier molecular flexibility index (Phi) is 20.2. The van der Waals surface area contributed by atoms with Gasteiger partial charge in [-0.1, -0.05) is 375 Å². The predicted octanol–water partition coefficient (Wildman–Crippen LogP) is 33.4. The monoisotopic (exact) mass is 1720 g/mol. The van der Waals surface area contributed by atoms with Crippen molar-refractivity contribution >= 4 is 123 Å². The first kappa shape index (κ1) is 87.4. The van der Waals surface area contributed by atoms with Crippen molar-refractivity contribution in [3.05, 3.63) is 347 Å². The fraction of sp³-hybridized carbons (Fsp3) is 0.286. The molecule has 0 atom stereocenters. The van der Waals surface area contributed by atoms with Gasteiger partial charge >= 0.3 is 0 Å². The molecule has 0 saturated carbocycles. The third-order valence-corrected chi connectivity index (χ3v) is 29.0. The van der Waals surface area contributed by atoms with Crippen LogP contribution >= 0.6 is 0 Å². The molecule has 0 bridgehead atoms. The first-order valence-corrected chi connectivity index (χ1v) is 48.1. The van der Waals surface area contributed by atoms with Crippen molar-refractivity contribution < 1.29 is 0 Å². The summed E-state index contributed by atoms with van der Waals surface area (Å²) in [7, 11) is 0. The molecule has 6 heteroatoms. The van der Waals surface area contributed by atoms with Gasteiger partial charge in [0.1, 0.15) is 0 Å². The SMILES string of the molecule is CC(C)(C)c1ccc(-c2cc(C(C)(C)C)cc(-c3ccc(C(C)(C)C)cc3)c2N2c3cc(-n4c5ccc(C(C)(C)C)cc5c5cc(C(C)(C)C)ccc54)ccc3B3c4ccc(-n5c6ccccc6c6ccc7c8ccccc8n(-c8ccccc8)c7c65)cc4N(c4c(-c5ccc(C(C)(C)C)cc5)cc(C(C)(C)C)cc4-c4ccc(C(C)(C)C)cc4)c4cc(C(C)(C)C)cc2c43)cc1. The summed E-state index contributed by atoms with van der Waals surface area (Å²) >= 11 is 0. The van der Waals surface area contributed by atoms with Crippen molar-refractivity contribution in [2.45, 2.75) is 236 Å². The van der Waals surface area contributed by atoms with Gasteiger partial charge < -0.3 is 23.5 Å². The van der Waals surface area contributed by atoms with Crippen LogP contribution in [0.2, 0.25) is 0 Å². The molecule has 132 heavy (non-hydrogen) atoms. The summed E-state index contributed by atoms with van der Waals surface area (Å²) in [6, 6.07) is 118. The molecule has 662 valence electrons. The molecule has 2 aliphatic heterocycles. The van der Waals surface area contributed by atoms with E-state index >= 15 is 0 Å². The molecule has 0 radical (unpaired) electrons. The highest BCUT2D eigenvalue weighted by molar-refractivity contribution is 7.00. The summed E-state index contributed by atoms with van der Waals surface area (Å²) in [6.45, 7) is 63.6. The second-order valence-corrected chi connectivity index (χ2v) is 47.6. The van der Waals surface area contributed by atoms with E-state index in [1.54, 1.807) is 0 Å². The van der Waals surface area contributed by atoms with Crippen molar-refractivity contribution in [3.63, 3.8) is 0 Å². The van der Waals surface area contributed by atoms with E-state index in [9.17, 15) is 0 Å². The van der Waals surface area contributed by atoms with E-state index in [-0.39, 0.29) is 50.0 Å². The number of nitrogens with zero attached hydrogens (tertiary/aromatic N) is 5. The Labute approximate surface area is 785 Å². The molecule has 0 spiro atoms. The van der Waals surface area contributed by atoms with E-state index in [4.69, 9.17) is 0 Å². The van der Waals surface area contributed by atoms with Gasteiger partial charge in [0.05, 0.1) is 44.5 Å². The normalized spacial score (nSPS) is 13.7. The van der Waals surface area contributed by atoms with E-state index in [0.717, 1.165) is 84.5 Å². The summed E-state index contributed by atoms with van der Waals surface area (Å²) in [5, 5.41) is 7.35. The van der Waals surface area contributed by atoms with Gasteiger partial charge in [-0.2, -0.15) is 0 Å². The Morgan fingerprint density at radius 3 is 0.795 bits per heavy atom. The fourth-order valence-electron chi connectivity index (χ4n) is 21.1. The maximum Gasteiger partial charge on any atom is 0.252 e. The highest BCUT2D eigenvalue weighted by Crippen LogP contribution is 2.57. The van der Waals surface area contributed by atoms with Crippen molar-refractivity contribution in [1.82, 2.24) is 13.7 Å². The average molecular weight is 1730 g/mol. The minimum Gasteiger partial charge on any atom is -0.310 e. The first-order valence-electron chi connectivity index (χ1n) is 48.1. The lowest BCUT2D eigenvalue weighted by molar-refractivity contribution is 0.589. The zero-order chi connectivity index (χ0) is 93.3. The lowest BCUT2D eigenvalue weighted by Gasteiger charge is -2.47. The molecule has 3 aromatic heterocycles. The lowest BCUT2D eigenvalue weighted by Crippen LogP contribution is -2.61. The third kappa shape index (κ3) is 14.7. The van der Waals surface area contributed by atoms with Gasteiger partial charge in [-0.15, -0.1) is 0 Å². The fourth-order valence-corrected chi connectivity index (χ4v) is 21.1. The van der Waals surface area contributed by atoms with Gasteiger partial charge in [-0.05, 0) is 247 Å². The van der Waals surface area contributed by atoms with Crippen LogP contribution in [0.1, 0.15) is 237 Å². The number of hydrogen-bond acceptors (Lipinski definition) is 2. The van der Waals surface area contributed by atoms with Crippen LogP contribution in [0, 0.1) is 0 Å². The van der Waals surface area contributed by atoms with E-state index in [1.165, 1.54) is 143 Å². The topological polar surface area (TPSA) is 21.3 Å². The average Bonchev–Trinajstić information content (AvgIpc) is 1.08. The Balaban J connectivity index is 0.996. The van der Waals surface area contributed by atoms with Gasteiger partial charge in [0.2, 0.25) is 0 Å². The molecule has 0 aliphatic carbocycles. The van der Waals surface area contributed by atoms with Crippen LogP contribution in [-0.4, -0.2) is 20.4 Å². The van der Waals surface area contributed by atoms with Crippen LogP contribution < -0.4 is 26.2 Å². The van der Waals surface area contributed by atoms with Gasteiger partial charge in [0.15, 0.2) is 0 Å². The van der Waals surface area contributed by atoms with E-state index in [1.807, 2.05) is 0 Å². The smallest absolute Gasteiger partial charge is 0.252 e. The van der Waals surface area contributed by atoms with Gasteiger partial charge in [0.25, 0.3) is 6.71 Å². The van der Waals surface area contributed by atoms with Crippen molar-refractivity contribution in [1.29, 1.82) is 0 Å². The Hall–Kier alpha value is -12.6. The largest absolute Gasteiger partial charge is 0.310 e. The van der Waals surface area contributed by atoms with E-state index in [0.29, 0.717) is 0 Å². The Morgan fingerprint density at radius 1 is 0.189 bits per heavy atom. The molecule has 0 amide bonds. The second kappa shape index (κ2) is 30.5. The second-order valence-electron chi connectivity index (χ2n) is 47.6. The van der Waals surface area contributed by atoms with Crippen LogP contribution in [0.3, 0.4) is 0 Å². The molecular weight excluding hydrogens is 1590 g/mol. The molecule has 2 aliphatic rings. The van der Waals surface area contributed by atoms with Crippen LogP contribution in [-0.2, 0) is 48.7 Å². The molecule has 18 aromatic rings. The first-order chi connectivity index (χ1) is 62.2. The molecule has 15 aromatic carbocycles. The number of para-hydroxylation sites is 3. The summed E-state index contributed by atoms with van der Waals surface area (Å²) < 4.78 is 7.77. The number of benzene rings is 15. The molecule has 0 saturated heterocycles. The number of anilines is 6. The van der Waals surface area contributed by atoms with Crippen LogP contribution in [0.15, 0.2) is 297 Å². The number of rotatable bonds is 9. The van der Waals surface area contributed by atoms with Gasteiger partial charge in [-0.25, -0.2) is 0 Å². The summed E-state index contributed by atoms with van der Waals surface area (Å²) in [5.74, 6) is 0. The molecule has 0 N–H and O–H groups in total. The van der Waals surface area contributed by atoms with Gasteiger partial charge in [-0.3, -0.25) is 0 Å². The Bertz CT molecular complexity index is 7450. The number of aromatic nitrogens is 3. The summed E-state index contributed by atoms with van der Waals surface area (Å²) in [5.41, 5.74) is 40.2. The Morgan fingerprint density at radius 2 is 0.470 bits per heavy atom. The summed E-state index contributed by atoms with van der Waals surface area (Å²) in [4.78, 5) is 5.63. The lowest BCUT2D eigenvalue weighted by atomic mass is 9.33. The van der Waals surface area contributed by atoms with Crippen LogP contribution in [0.25, 0.3) is 127 Å². The molecule has 0 fully saturated rings. The molecule has 5 nitrogen and oxygen atoms in total. The van der Waals surface area contributed by atoms with Crippen LogP contribution in [0.4, 0.5) is 34.1 Å². The maximum atomic E-state index is 2.81.